The summed E-state index contributed by atoms with van der Waals surface area (Å²) in [5, 5.41) is 5.43. The lowest BCUT2D eigenvalue weighted by molar-refractivity contribution is -0.120. The number of hydrogen-bond acceptors (Lipinski definition) is 6. The minimum Gasteiger partial charge on any atom is -0.373 e. The number of carbonyl (C=O) groups excluding carboxylic acids is 1. The van der Waals surface area contributed by atoms with E-state index >= 15 is 0 Å². The largest absolute Gasteiger partial charge is 0.373 e. The number of rotatable bonds is 13. The van der Waals surface area contributed by atoms with Gasteiger partial charge in [-0.25, -0.2) is 8.78 Å². The van der Waals surface area contributed by atoms with Gasteiger partial charge in [-0.3, -0.25) is 9.48 Å². The van der Waals surface area contributed by atoms with Gasteiger partial charge < -0.3 is 14.5 Å². The van der Waals surface area contributed by atoms with Gasteiger partial charge in [0, 0.05) is 30.1 Å². The van der Waals surface area contributed by atoms with E-state index in [1.165, 1.54) is 36.0 Å². The number of ether oxygens (including phenoxy) is 1. The monoisotopic (exact) mass is 591 g/mol. The predicted octanol–water partition coefficient (Wildman–Crippen LogP) is 5.89. The molecule has 5 rings (SSSR count). The van der Waals surface area contributed by atoms with Crippen LogP contribution < -0.4 is 0 Å². The molecule has 0 fully saturated rings. The van der Waals surface area contributed by atoms with Crippen molar-refractivity contribution in [3.05, 3.63) is 101 Å². The topological polar surface area (TPSA) is 63.0 Å². The first-order chi connectivity index (χ1) is 20.4. The fourth-order valence-electron chi connectivity index (χ4n) is 4.97. The van der Waals surface area contributed by atoms with E-state index < -0.39 is 0 Å². The van der Waals surface area contributed by atoms with Gasteiger partial charge in [0.2, 0.25) is 0 Å². The summed E-state index contributed by atoms with van der Waals surface area (Å²) in [5.74, 6) is -0.556. The molecule has 1 aromatic heterocycles. The Bertz CT molecular complexity index is 1460. The normalized spacial score (nSPS) is 16.3. The third-order valence-corrected chi connectivity index (χ3v) is 8.47. The van der Waals surface area contributed by atoms with Gasteiger partial charge in [-0.2, -0.15) is 10.1 Å². The zero-order chi connectivity index (χ0) is 29.5. The maximum Gasteiger partial charge on any atom is 0.261 e. The van der Waals surface area contributed by atoms with Crippen molar-refractivity contribution in [1.82, 2.24) is 19.6 Å². The fraction of sp³-hybridized carbons (Fsp3) is 0.344. The van der Waals surface area contributed by atoms with Crippen LogP contribution in [0.1, 0.15) is 25.1 Å². The number of amides is 1. The van der Waals surface area contributed by atoms with Crippen molar-refractivity contribution in [1.29, 1.82) is 0 Å². The van der Waals surface area contributed by atoms with Crippen LogP contribution in [0, 0.1) is 17.6 Å². The molecule has 2 aliphatic rings. The number of halogens is 2. The van der Waals surface area contributed by atoms with E-state index in [-0.39, 0.29) is 23.5 Å². The average molecular weight is 592 g/mol. The highest BCUT2D eigenvalue weighted by molar-refractivity contribution is 8.13. The lowest BCUT2D eigenvalue weighted by Gasteiger charge is -2.32. The van der Waals surface area contributed by atoms with E-state index in [9.17, 15) is 13.6 Å². The molecule has 0 saturated heterocycles. The lowest BCUT2D eigenvalue weighted by atomic mass is 10.1. The second kappa shape index (κ2) is 14.0. The molecule has 220 valence electrons. The summed E-state index contributed by atoms with van der Waals surface area (Å²) >= 11 is 1.45. The van der Waals surface area contributed by atoms with Gasteiger partial charge in [0.1, 0.15) is 11.6 Å². The van der Waals surface area contributed by atoms with Gasteiger partial charge in [0.25, 0.3) is 5.91 Å². The predicted molar refractivity (Wildman–Crippen MR) is 163 cm³/mol. The molecule has 0 bridgehead atoms. The summed E-state index contributed by atoms with van der Waals surface area (Å²) in [6.07, 6.45) is 5.70. The number of fused-ring (bicyclic) bond motifs is 1. The molecule has 0 radical (unpaired) electrons. The van der Waals surface area contributed by atoms with Crippen LogP contribution >= 0.6 is 11.8 Å². The Morgan fingerprint density at radius 1 is 1.00 bits per heavy atom. The maximum absolute atomic E-state index is 13.5. The van der Waals surface area contributed by atoms with Gasteiger partial charge in [-0.15, -0.1) is 0 Å². The van der Waals surface area contributed by atoms with Gasteiger partial charge >= 0.3 is 0 Å². The Labute approximate surface area is 249 Å². The van der Waals surface area contributed by atoms with Gasteiger partial charge in [-0.1, -0.05) is 49.9 Å². The first kappa shape index (κ1) is 29.9. The summed E-state index contributed by atoms with van der Waals surface area (Å²) in [6, 6.07) is 14.7. The fourth-order valence-corrected chi connectivity index (χ4v) is 5.96. The van der Waals surface area contributed by atoms with Crippen molar-refractivity contribution in [2.45, 2.75) is 32.8 Å². The Kier molecular flexibility index (Phi) is 9.99. The third kappa shape index (κ3) is 7.24. The second-order valence-electron chi connectivity index (χ2n) is 10.1. The van der Waals surface area contributed by atoms with Crippen molar-refractivity contribution >= 4 is 22.8 Å². The number of allylic oxidation sites excluding steroid dienone is 2. The number of hydrogen-bond donors (Lipinski definition) is 0. The van der Waals surface area contributed by atoms with E-state index in [2.05, 4.69) is 23.7 Å². The molecular formula is C32H35F2N5O2S. The van der Waals surface area contributed by atoms with Gasteiger partial charge in [-0.05, 0) is 67.2 Å². The Balaban J connectivity index is 1.25. The molecule has 1 unspecified atom stereocenters. The zero-order valence-corrected chi connectivity index (χ0v) is 24.7. The first-order valence-electron chi connectivity index (χ1n) is 14.2. The number of aromatic nitrogens is 2. The van der Waals surface area contributed by atoms with Crippen LogP contribution in [0.25, 0.3) is 11.3 Å². The Morgan fingerprint density at radius 2 is 1.71 bits per heavy atom. The number of nitrogens with zero attached hydrogens (tertiary/aromatic N) is 5. The molecule has 0 N–H and O–H groups in total. The van der Waals surface area contributed by atoms with Crippen molar-refractivity contribution in [2.75, 3.05) is 32.8 Å². The van der Waals surface area contributed by atoms with E-state index in [4.69, 9.17) is 9.84 Å². The van der Waals surface area contributed by atoms with Crippen LogP contribution in [0.2, 0.25) is 0 Å². The smallest absolute Gasteiger partial charge is 0.261 e. The van der Waals surface area contributed by atoms with Gasteiger partial charge in [0.05, 0.1) is 37.1 Å². The molecular weight excluding hydrogens is 556 g/mol. The summed E-state index contributed by atoms with van der Waals surface area (Å²) in [4.78, 5) is 21.5. The van der Waals surface area contributed by atoms with Crippen molar-refractivity contribution < 1.29 is 18.3 Å². The van der Waals surface area contributed by atoms with E-state index in [0.29, 0.717) is 37.2 Å². The number of aliphatic imine (C=N–C) groups is 1. The van der Waals surface area contributed by atoms with Crippen LogP contribution in [-0.2, 0) is 28.4 Å². The SMILES string of the molecule is CCN(CC)CCn1nc(-c2ccc(F)cc2)cc1COCCN1C2=CC=CC2C(=O)N=C1SCc1ccc(F)cc1. The summed E-state index contributed by atoms with van der Waals surface area (Å²) in [5.41, 5.74) is 4.41. The van der Waals surface area contributed by atoms with Crippen LogP contribution in [-0.4, -0.2) is 63.4 Å². The summed E-state index contributed by atoms with van der Waals surface area (Å²) < 4.78 is 35.0. The molecule has 0 saturated carbocycles. The highest BCUT2D eigenvalue weighted by Gasteiger charge is 2.34. The number of carbonyl (C=O) groups is 1. The standard InChI is InChI=1S/C32H35F2N5O2S/c1-3-37(4-2)16-17-39-27(20-29(36-39)24-10-14-26(34)15-11-24)21-41-19-18-38-30-7-5-6-28(30)31(40)35-32(38)42-22-23-8-12-25(33)13-9-23/h5-15,20,28H,3-4,16-19,21-22H2,1-2H3. The molecule has 1 aliphatic heterocycles. The van der Waals surface area contributed by atoms with Crippen molar-refractivity contribution in [3.8, 4) is 11.3 Å². The average Bonchev–Trinajstić information content (AvgIpc) is 3.65. The molecule has 1 atom stereocenters. The number of likely N-dealkylation sites (N-methyl/N-ethyl adjacent to an activating group) is 1. The van der Waals surface area contributed by atoms with Crippen molar-refractivity contribution in [3.63, 3.8) is 0 Å². The molecule has 3 aromatic rings. The number of thioether (sulfide) groups is 1. The van der Waals surface area contributed by atoms with Crippen molar-refractivity contribution in [2.24, 2.45) is 10.9 Å². The maximum atomic E-state index is 13.5. The van der Waals surface area contributed by atoms with E-state index in [1.54, 1.807) is 24.3 Å². The first-order valence-corrected chi connectivity index (χ1v) is 15.2. The third-order valence-electron chi connectivity index (χ3n) is 7.42. The van der Waals surface area contributed by atoms with E-state index in [0.717, 1.165) is 47.8 Å². The van der Waals surface area contributed by atoms with Crippen LogP contribution in [0.5, 0.6) is 0 Å². The molecule has 1 amide bonds. The van der Waals surface area contributed by atoms with Crippen LogP contribution in [0.15, 0.2) is 83.5 Å². The molecule has 1 aliphatic carbocycles. The minimum atomic E-state index is -0.375. The quantitative estimate of drug-likeness (QED) is 0.231. The minimum absolute atomic E-state index is 0.181. The van der Waals surface area contributed by atoms with Gasteiger partial charge in [0.15, 0.2) is 5.17 Å². The Hall–Kier alpha value is -3.60. The summed E-state index contributed by atoms with van der Waals surface area (Å²) in [6.45, 7) is 9.06. The van der Waals surface area contributed by atoms with Crippen LogP contribution in [0.4, 0.5) is 8.78 Å². The zero-order valence-electron chi connectivity index (χ0n) is 23.9. The number of amidine groups is 1. The van der Waals surface area contributed by atoms with Crippen LogP contribution in [0.3, 0.4) is 0 Å². The highest BCUT2D eigenvalue weighted by Crippen LogP contribution is 2.32. The molecule has 10 heteroatoms. The van der Waals surface area contributed by atoms with E-state index in [1.807, 2.05) is 33.9 Å². The second-order valence-corrected chi connectivity index (χ2v) is 11.0. The molecule has 2 heterocycles. The lowest BCUT2D eigenvalue weighted by Crippen LogP contribution is -2.39. The molecule has 0 spiro atoms. The number of benzene rings is 2. The summed E-state index contributed by atoms with van der Waals surface area (Å²) in [7, 11) is 0. The highest BCUT2D eigenvalue weighted by atomic mass is 32.2. The Morgan fingerprint density at radius 3 is 2.43 bits per heavy atom. The molecule has 2 aromatic carbocycles. The molecule has 7 nitrogen and oxygen atoms in total. The molecule has 42 heavy (non-hydrogen) atoms.